The zero-order valence-corrected chi connectivity index (χ0v) is 15.0. The van der Waals surface area contributed by atoms with Crippen LogP contribution in [-0.4, -0.2) is 39.4 Å². The molecule has 0 fully saturated rings. The third-order valence-electron chi connectivity index (χ3n) is 3.80. The third kappa shape index (κ3) is 4.83. The van der Waals surface area contributed by atoms with E-state index >= 15 is 0 Å². The van der Waals surface area contributed by atoms with E-state index in [0.717, 1.165) is 5.56 Å². The van der Waals surface area contributed by atoms with Crippen molar-refractivity contribution in [2.45, 2.75) is 19.4 Å². The van der Waals surface area contributed by atoms with Gasteiger partial charge in [0.25, 0.3) is 0 Å². The first-order valence-corrected chi connectivity index (χ1v) is 8.00. The normalized spacial score (nSPS) is 12.0. The molecule has 0 aliphatic carbocycles. The predicted molar refractivity (Wildman–Crippen MR) is 98.5 cm³/mol. The number of methoxy groups -OCH3 is 3. The second kappa shape index (κ2) is 8.87. The Balaban J connectivity index is 2.05. The lowest BCUT2D eigenvalue weighted by molar-refractivity contribution is 0.106. The Morgan fingerprint density at radius 2 is 1.68 bits per heavy atom. The van der Waals surface area contributed by atoms with E-state index in [1.54, 1.807) is 39.5 Å². The van der Waals surface area contributed by atoms with Crippen molar-refractivity contribution in [3.8, 4) is 17.2 Å². The Morgan fingerprint density at radius 1 is 1.00 bits per heavy atom. The van der Waals surface area contributed by atoms with Crippen molar-refractivity contribution in [1.82, 2.24) is 0 Å². The van der Waals surface area contributed by atoms with Crippen LogP contribution in [0.15, 0.2) is 47.5 Å². The molecule has 0 saturated heterocycles. The molecule has 1 atom stereocenters. The highest BCUT2D eigenvalue weighted by Crippen LogP contribution is 2.28. The van der Waals surface area contributed by atoms with E-state index in [-0.39, 0.29) is 11.8 Å². The highest BCUT2D eigenvalue weighted by atomic mass is 16.5. The van der Waals surface area contributed by atoms with Crippen molar-refractivity contribution in [1.29, 1.82) is 0 Å². The first-order chi connectivity index (χ1) is 12.1. The van der Waals surface area contributed by atoms with Crippen LogP contribution in [0.25, 0.3) is 0 Å². The minimum atomic E-state index is -0.170. The molecule has 25 heavy (non-hydrogen) atoms. The smallest absolute Gasteiger partial charge is 0.207 e. The number of rotatable bonds is 8. The fourth-order valence-corrected chi connectivity index (χ4v) is 2.51. The summed E-state index contributed by atoms with van der Waals surface area (Å²) >= 11 is 0. The Hall–Kier alpha value is -2.82. The lowest BCUT2D eigenvalue weighted by Crippen LogP contribution is -2.08. The molecule has 0 bridgehead atoms. The van der Waals surface area contributed by atoms with Gasteiger partial charge in [-0.1, -0.05) is 18.2 Å². The summed E-state index contributed by atoms with van der Waals surface area (Å²) in [7, 11) is 4.76. The quantitative estimate of drug-likeness (QED) is 0.544. The summed E-state index contributed by atoms with van der Waals surface area (Å²) in [6, 6.07) is 12.8. The number of carbonyl (C=O) groups is 1. The second-order valence-corrected chi connectivity index (χ2v) is 5.59. The number of aliphatic imine (C=N–C) groups is 1. The van der Waals surface area contributed by atoms with E-state index in [0.29, 0.717) is 29.2 Å². The van der Waals surface area contributed by atoms with Crippen molar-refractivity contribution < 1.29 is 19.0 Å². The van der Waals surface area contributed by atoms with Crippen LogP contribution >= 0.6 is 0 Å². The van der Waals surface area contributed by atoms with Gasteiger partial charge in [0.2, 0.25) is 5.78 Å². The highest BCUT2D eigenvalue weighted by Gasteiger charge is 2.11. The Morgan fingerprint density at radius 3 is 2.36 bits per heavy atom. The number of hydrogen-bond acceptors (Lipinski definition) is 5. The first-order valence-electron chi connectivity index (χ1n) is 8.00. The van der Waals surface area contributed by atoms with Gasteiger partial charge in [-0.15, -0.1) is 0 Å². The van der Waals surface area contributed by atoms with Crippen LogP contribution < -0.4 is 14.2 Å². The van der Waals surface area contributed by atoms with Gasteiger partial charge in [0, 0.05) is 0 Å². The summed E-state index contributed by atoms with van der Waals surface area (Å²) in [5.74, 6) is 1.75. The molecule has 0 spiro atoms. The summed E-state index contributed by atoms with van der Waals surface area (Å²) in [6.45, 7) is 1.96. The summed E-state index contributed by atoms with van der Waals surface area (Å²) in [6.07, 6.45) is 2.05. The number of nitrogens with zero attached hydrogens (tertiary/aromatic N) is 1. The average Bonchev–Trinajstić information content (AvgIpc) is 2.65. The number of Topliss-reactive ketones (excluding diaryl/α,β-unsaturated/α-hetero) is 1. The van der Waals surface area contributed by atoms with Gasteiger partial charge in [0.15, 0.2) is 11.5 Å². The molecule has 2 aromatic rings. The molecule has 0 aliphatic heterocycles. The molecule has 2 rings (SSSR count). The fourth-order valence-electron chi connectivity index (χ4n) is 2.51. The number of ether oxygens (including phenoxy) is 3. The van der Waals surface area contributed by atoms with Crippen LogP contribution in [0, 0.1) is 0 Å². The molecule has 0 aromatic heterocycles. The van der Waals surface area contributed by atoms with Gasteiger partial charge >= 0.3 is 0 Å². The summed E-state index contributed by atoms with van der Waals surface area (Å²) in [4.78, 5) is 16.7. The minimum absolute atomic E-state index is 0.0447. The molecular weight excluding hydrogens is 318 g/mol. The fraction of sp³-hybridized carbons (Fsp3) is 0.300. The standard InChI is InChI=1S/C20H23NO4/c1-14(11-15-9-10-19(24-3)20(12-15)25-4)21-13-17(22)16-7-5-6-8-18(16)23-2/h5-10,12-14H,11H2,1-4H3. The summed E-state index contributed by atoms with van der Waals surface area (Å²) in [5.41, 5.74) is 1.57. The topological polar surface area (TPSA) is 57.1 Å². The zero-order chi connectivity index (χ0) is 18.2. The molecule has 0 saturated carbocycles. The van der Waals surface area contributed by atoms with E-state index in [4.69, 9.17) is 14.2 Å². The van der Waals surface area contributed by atoms with Crippen LogP contribution in [0.4, 0.5) is 0 Å². The molecule has 0 amide bonds. The monoisotopic (exact) mass is 341 g/mol. The number of ketones is 1. The number of hydrogen-bond donors (Lipinski definition) is 0. The lowest BCUT2D eigenvalue weighted by atomic mass is 10.1. The average molecular weight is 341 g/mol. The summed E-state index contributed by atoms with van der Waals surface area (Å²) < 4.78 is 15.8. The largest absolute Gasteiger partial charge is 0.496 e. The maximum absolute atomic E-state index is 12.3. The molecular formula is C20H23NO4. The molecule has 0 radical (unpaired) electrons. The molecule has 132 valence electrons. The van der Waals surface area contributed by atoms with Crippen molar-refractivity contribution in [3.05, 3.63) is 53.6 Å². The van der Waals surface area contributed by atoms with Gasteiger partial charge in [-0.25, -0.2) is 0 Å². The highest BCUT2D eigenvalue weighted by molar-refractivity contribution is 6.36. The molecule has 0 N–H and O–H groups in total. The van der Waals surface area contributed by atoms with E-state index < -0.39 is 0 Å². The molecule has 0 heterocycles. The van der Waals surface area contributed by atoms with E-state index in [2.05, 4.69) is 4.99 Å². The van der Waals surface area contributed by atoms with Crippen LogP contribution in [0.5, 0.6) is 17.2 Å². The zero-order valence-electron chi connectivity index (χ0n) is 15.0. The maximum Gasteiger partial charge on any atom is 0.207 e. The SMILES string of the molecule is COc1ccc(CC(C)N=CC(=O)c2ccccc2OC)cc1OC. The van der Waals surface area contributed by atoms with Gasteiger partial charge in [0.1, 0.15) is 5.75 Å². The van der Waals surface area contributed by atoms with Gasteiger partial charge in [-0.3, -0.25) is 9.79 Å². The van der Waals surface area contributed by atoms with Gasteiger partial charge in [-0.2, -0.15) is 0 Å². The van der Waals surface area contributed by atoms with Crippen LogP contribution in [0.2, 0.25) is 0 Å². The first kappa shape index (κ1) is 18.5. The van der Waals surface area contributed by atoms with Crippen LogP contribution in [0.3, 0.4) is 0 Å². The summed E-state index contributed by atoms with van der Waals surface area (Å²) in [5, 5.41) is 0. The van der Waals surface area contributed by atoms with Gasteiger partial charge in [0.05, 0.1) is 39.1 Å². The molecule has 2 aromatic carbocycles. The second-order valence-electron chi connectivity index (χ2n) is 5.59. The van der Waals surface area contributed by atoms with Crippen molar-refractivity contribution >= 4 is 12.0 Å². The molecule has 5 heteroatoms. The third-order valence-corrected chi connectivity index (χ3v) is 3.80. The van der Waals surface area contributed by atoms with E-state index in [1.165, 1.54) is 6.21 Å². The molecule has 0 aliphatic rings. The Bertz CT molecular complexity index is 755. The van der Waals surface area contributed by atoms with Crippen molar-refractivity contribution in [2.75, 3.05) is 21.3 Å². The molecule has 1 unspecified atom stereocenters. The van der Waals surface area contributed by atoms with E-state index in [9.17, 15) is 4.79 Å². The van der Waals surface area contributed by atoms with Crippen LogP contribution in [0.1, 0.15) is 22.8 Å². The van der Waals surface area contributed by atoms with E-state index in [1.807, 2.05) is 31.2 Å². The van der Waals surface area contributed by atoms with Gasteiger partial charge in [-0.05, 0) is 43.2 Å². The maximum atomic E-state index is 12.3. The number of carbonyl (C=O) groups excluding carboxylic acids is 1. The number of para-hydroxylation sites is 1. The molecule has 5 nitrogen and oxygen atoms in total. The van der Waals surface area contributed by atoms with Crippen molar-refractivity contribution in [2.24, 2.45) is 4.99 Å². The Labute approximate surface area is 148 Å². The Kier molecular flexibility index (Phi) is 6.57. The minimum Gasteiger partial charge on any atom is -0.496 e. The lowest BCUT2D eigenvalue weighted by Gasteiger charge is -2.11. The van der Waals surface area contributed by atoms with Crippen molar-refractivity contribution in [3.63, 3.8) is 0 Å². The van der Waals surface area contributed by atoms with Gasteiger partial charge < -0.3 is 14.2 Å². The van der Waals surface area contributed by atoms with Crippen LogP contribution in [-0.2, 0) is 6.42 Å². The predicted octanol–water partition coefficient (Wildman–Crippen LogP) is 3.60. The number of benzene rings is 2.